The third-order valence-corrected chi connectivity index (χ3v) is 5.20. The highest BCUT2D eigenvalue weighted by Gasteiger charge is 2.25. The Morgan fingerprint density at radius 2 is 1.69 bits per heavy atom. The lowest BCUT2D eigenvalue weighted by Gasteiger charge is -2.29. The lowest BCUT2D eigenvalue weighted by Crippen LogP contribution is -2.44. The summed E-state index contributed by atoms with van der Waals surface area (Å²) in [5.74, 6) is -0.224. The quantitative estimate of drug-likeness (QED) is 0.710. The average molecular weight is 375 g/mol. The summed E-state index contributed by atoms with van der Waals surface area (Å²) in [5, 5.41) is 0. The third kappa shape index (κ3) is 5.93. The number of amides is 1. The molecule has 7 heteroatoms. The van der Waals surface area contributed by atoms with E-state index in [2.05, 4.69) is 4.98 Å². The summed E-state index contributed by atoms with van der Waals surface area (Å²) in [7, 11) is -3.53. The number of hydrogen-bond donors (Lipinski definition) is 0. The molecule has 0 unspecified atom stereocenters. The minimum atomic E-state index is -3.53. The highest BCUT2D eigenvalue weighted by molar-refractivity contribution is 7.88. The summed E-state index contributed by atoms with van der Waals surface area (Å²) in [6.07, 6.45) is 4.35. The van der Waals surface area contributed by atoms with Crippen LogP contribution < -0.4 is 0 Å². The van der Waals surface area contributed by atoms with Gasteiger partial charge in [0, 0.05) is 31.5 Å². The second kappa shape index (κ2) is 8.91. The van der Waals surface area contributed by atoms with Gasteiger partial charge in [-0.3, -0.25) is 9.78 Å². The lowest BCUT2D eigenvalue weighted by molar-refractivity contribution is -0.133. The number of benzene rings is 1. The first-order valence-electron chi connectivity index (χ1n) is 8.45. The zero-order valence-corrected chi connectivity index (χ0v) is 16.2. The standard InChI is InChI=1S/C19H25N3O3S/c1-16(2)22(14-17-8-5-4-6-9-17)19(23)15-21(26(3,24)25)13-18-10-7-11-20-12-18/h4-12,16H,13-15H2,1-3H3. The van der Waals surface area contributed by atoms with Gasteiger partial charge < -0.3 is 4.90 Å². The number of aromatic nitrogens is 1. The number of nitrogens with zero attached hydrogens (tertiary/aromatic N) is 3. The topological polar surface area (TPSA) is 70.6 Å². The highest BCUT2D eigenvalue weighted by atomic mass is 32.2. The first kappa shape index (κ1) is 20.1. The molecule has 0 bridgehead atoms. The number of pyridine rings is 1. The van der Waals surface area contributed by atoms with E-state index < -0.39 is 10.0 Å². The minimum Gasteiger partial charge on any atom is -0.335 e. The van der Waals surface area contributed by atoms with Gasteiger partial charge in [0.25, 0.3) is 0 Å². The maximum Gasteiger partial charge on any atom is 0.238 e. The van der Waals surface area contributed by atoms with Crippen molar-refractivity contribution >= 4 is 15.9 Å². The second-order valence-corrected chi connectivity index (χ2v) is 8.48. The number of sulfonamides is 1. The molecule has 0 aliphatic heterocycles. The second-order valence-electron chi connectivity index (χ2n) is 6.49. The zero-order valence-electron chi connectivity index (χ0n) is 15.4. The van der Waals surface area contributed by atoms with Crippen LogP contribution in [-0.2, 0) is 27.9 Å². The fraction of sp³-hybridized carbons (Fsp3) is 0.368. The van der Waals surface area contributed by atoms with Crippen molar-refractivity contribution in [1.82, 2.24) is 14.2 Å². The van der Waals surface area contributed by atoms with E-state index in [-0.39, 0.29) is 25.0 Å². The Bertz CT molecular complexity index is 808. The van der Waals surface area contributed by atoms with Crippen LogP contribution in [0.4, 0.5) is 0 Å². The Labute approximate surface area is 155 Å². The van der Waals surface area contributed by atoms with Crippen molar-refractivity contribution < 1.29 is 13.2 Å². The predicted octanol–water partition coefficient (Wildman–Crippen LogP) is 2.28. The van der Waals surface area contributed by atoms with Crippen LogP contribution in [0.3, 0.4) is 0 Å². The van der Waals surface area contributed by atoms with Gasteiger partial charge in [-0.25, -0.2) is 8.42 Å². The first-order chi connectivity index (χ1) is 12.3. The van der Waals surface area contributed by atoms with Crippen LogP contribution in [-0.4, -0.2) is 47.4 Å². The van der Waals surface area contributed by atoms with E-state index in [1.807, 2.05) is 44.2 Å². The molecule has 0 aliphatic rings. The summed E-state index contributed by atoms with van der Waals surface area (Å²) in [5.41, 5.74) is 1.75. The maximum absolute atomic E-state index is 12.8. The summed E-state index contributed by atoms with van der Waals surface area (Å²) in [6, 6.07) is 13.2. The molecule has 1 aromatic carbocycles. The maximum atomic E-state index is 12.8. The van der Waals surface area contributed by atoms with Gasteiger partial charge in [-0.1, -0.05) is 36.4 Å². The monoisotopic (exact) mass is 375 g/mol. The number of carbonyl (C=O) groups excluding carboxylic acids is 1. The third-order valence-electron chi connectivity index (χ3n) is 4.00. The van der Waals surface area contributed by atoms with E-state index in [1.165, 1.54) is 4.31 Å². The molecule has 0 saturated heterocycles. The molecule has 26 heavy (non-hydrogen) atoms. The van der Waals surface area contributed by atoms with Gasteiger partial charge in [0.15, 0.2) is 0 Å². The molecule has 0 fully saturated rings. The van der Waals surface area contributed by atoms with E-state index >= 15 is 0 Å². The van der Waals surface area contributed by atoms with Gasteiger partial charge in [-0.2, -0.15) is 4.31 Å². The smallest absolute Gasteiger partial charge is 0.238 e. The Balaban J connectivity index is 2.15. The molecule has 1 amide bonds. The van der Waals surface area contributed by atoms with Gasteiger partial charge in [-0.15, -0.1) is 0 Å². The molecular formula is C19H25N3O3S. The van der Waals surface area contributed by atoms with Crippen molar-refractivity contribution in [2.75, 3.05) is 12.8 Å². The zero-order chi connectivity index (χ0) is 19.2. The molecule has 0 spiro atoms. The molecular weight excluding hydrogens is 350 g/mol. The normalized spacial score (nSPS) is 11.7. The van der Waals surface area contributed by atoms with Crippen molar-refractivity contribution in [3.05, 3.63) is 66.0 Å². The number of rotatable bonds is 8. The molecule has 0 aliphatic carbocycles. The fourth-order valence-electron chi connectivity index (χ4n) is 2.57. The van der Waals surface area contributed by atoms with E-state index in [0.29, 0.717) is 6.54 Å². The Hall–Kier alpha value is -2.25. The van der Waals surface area contributed by atoms with Crippen molar-refractivity contribution in [1.29, 1.82) is 0 Å². The van der Waals surface area contributed by atoms with Gasteiger partial charge in [-0.05, 0) is 31.0 Å². The molecule has 140 valence electrons. The van der Waals surface area contributed by atoms with Crippen LogP contribution in [0.5, 0.6) is 0 Å². The number of hydrogen-bond acceptors (Lipinski definition) is 4. The molecule has 6 nitrogen and oxygen atoms in total. The van der Waals surface area contributed by atoms with Crippen molar-refractivity contribution in [2.45, 2.75) is 33.0 Å². The summed E-state index contributed by atoms with van der Waals surface area (Å²) in [4.78, 5) is 18.5. The van der Waals surface area contributed by atoms with Gasteiger partial charge in [0.1, 0.15) is 0 Å². The van der Waals surface area contributed by atoms with Gasteiger partial charge in [0.05, 0.1) is 12.8 Å². The van der Waals surface area contributed by atoms with Crippen LogP contribution in [0, 0.1) is 0 Å². The Kier molecular flexibility index (Phi) is 6.88. The van der Waals surface area contributed by atoms with E-state index in [4.69, 9.17) is 0 Å². The van der Waals surface area contributed by atoms with Crippen LogP contribution in [0.2, 0.25) is 0 Å². The molecule has 2 aromatic rings. The summed E-state index contributed by atoms with van der Waals surface area (Å²) < 4.78 is 25.5. The van der Waals surface area contributed by atoms with Crippen LogP contribution in [0.1, 0.15) is 25.0 Å². The largest absolute Gasteiger partial charge is 0.335 e. The fourth-order valence-corrected chi connectivity index (χ4v) is 3.29. The van der Waals surface area contributed by atoms with Gasteiger partial charge >= 0.3 is 0 Å². The summed E-state index contributed by atoms with van der Waals surface area (Å²) in [6.45, 7) is 4.22. The Morgan fingerprint density at radius 3 is 2.23 bits per heavy atom. The predicted molar refractivity (Wildman–Crippen MR) is 102 cm³/mol. The summed E-state index contributed by atoms with van der Waals surface area (Å²) >= 11 is 0. The SMILES string of the molecule is CC(C)N(Cc1ccccc1)C(=O)CN(Cc1cccnc1)S(C)(=O)=O. The van der Waals surface area contributed by atoms with Crippen LogP contribution >= 0.6 is 0 Å². The highest BCUT2D eigenvalue weighted by Crippen LogP contribution is 2.12. The lowest BCUT2D eigenvalue weighted by atomic mass is 10.2. The molecule has 0 N–H and O–H groups in total. The first-order valence-corrected chi connectivity index (χ1v) is 10.3. The van der Waals surface area contributed by atoms with Crippen LogP contribution in [0.15, 0.2) is 54.9 Å². The molecule has 0 radical (unpaired) electrons. The molecule has 2 rings (SSSR count). The van der Waals surface area contributed by atoms with Crippen molar-refractivity contribution in [3.8, 4) is 0 Å². The average Bonchev–Trinajstić information content (AvgIpc) is 2.59. The number of carbonyl (C=O) groups is 1. The van der Waals surface area contributed by atoms with Crippen LogP contribution in [0.25, 0.3) is 0 Å². The Morgan fingerprint density at radius 1 is 1.04 bits per heavy atom. The minimum absolute atomic E-state index is 0.0393. The molecule has 1 heterocycles. The molecule has 0 atom stereocenters. The van der Waals surface area contributed by atoms with E-state index in [9.17, 15) is 13.2 Å². The molecule has 1 aromatic heterocycles. The molecule has 0 saturated carbocycles. The van der Waals surface area contributed by atoms with Crippen molar-refractivity contribution in [2.24, 2.45) is 0 Å². The van der Waals surface area contributed by atoms with Crippen molar-refractivity contribution in [3.63, 3.8) is 0 Å². The van der Waals surface area contributed by atoms with Gasteiger partial charge in [0.2, 0.25) is 15.9 Å². The van der Waals surface area contributed by atoms with E-state index in [1.54, 1.807) is 29.4 Å². The van der Waals surface area contributed by atoms with E-state index in [0.717, 1.165) is 17.4 Å².